The Bertz CT molecular complexity index is 552. The number of hydrogen-bond acceptors (Lipinski definition) is 1. The lowest BCUT2D eigenvalue weighted by Crippen LogP contribution is -2.19. The maximum absolute atomic E-state index is 13.6. The molecular weight excluding hydrogens is 284 g/mol. The fraction of sp³-hybridized carbons (Fsp3) is 0.200. The molecule has 19 heavy (non-hydrogen) atoms. The van der Waals surface area contributed by atoms with Gasteiger partial charge in [0.2, 0.25) is 0 Å². The van der Waals surface area contributed by atoms with Crippen LogP contribution in [-0.2, 0) is 6.54 Å². The van der Waals surface area contributed by atoms with Crippen LogP contribution in [0.5, 0.6) is 0 Å². The van der Waals surface area contributed by atoms with Gasteiger partial charge in [0.25, 0.3) is 0 Å². The maximum Gasteiger partial charge on any atom is 0.129 e. The van der Waals surface area contributed by atoms with Crippen LogP contribution in [0.4, 0.5) is 4.39 Å². The molecule has 0 bridgehead atoms. The molecule has 0 radical (unpaired) electrons. The topological polar surface area (TPSA) is 12.0 Å². The first-order chi connectivity index (χ1) is 9.08. The lowest BCUT2D eigenvalue weighted by atomic mass is 10.1. The molecule has 0 aliphatic carbocycles. The van der Waals surface area contributed by atoms with Crippen molar-refractivity contribution in [3.05, 3.63) is 69.5 Å². The number of halogens is 3. The van der Waals surface area contributed by atoms with Gasteiger partial charge in [-0.3, -0.25) is 0 Å². The minimum Gasteiger partial charge on any atom is -0.306 e. The van der Waals surface area contributed by atoms with E-state index in [-0.39, 0.29) is 11.9 Å². The van der Waals surface area contributed by atoms with Gasteiger partial charge in [-0.2, -0.15) is 0 Å². The second-order valence-corrected chi connectivity index (χ2v) is 5.20. The number of rotatable bonds is 4. The van der Waals surface area contributed by atoms with Crippen molar-refractivity contribution >= 4 is 23.2 Å². The smallest absolute Gasteiger partial charge is 0.129 e. The SMILES string of the molecule is C[C@@H](NCc1c(F)cccc1Cl)c1cccc(Cl)c1. The van der Waals surface area contributed by atoms with Crippen LogP contribution < -0.4 is 5.32 Å². The van der Waals surface area contributed by atoms with Gasteiger partial charge >= 0.3 is 0 Å². The maximum atomic E-state index is 13.6. The van der Waals surface area contributed by atoms with Gasteiger partial charge < -0.3 is 5.32 Å². The highest BCUT2D eigenvalue weighted by molar-refractivity contribution is 6.31. The van der Waals surface area contributed by atoms with Crippen LogP contribution in [0, 0.1) is 5.82 Å². The molecule has 0 aromatic heterocycles. The Hall–Kier alpha value is -1.09. The molecular formula is C15H14Cl2FN. The summed E-state index contributed by atoms with van der Waals surface area (Å²) in [6, 6.07) is 12.3. The molecule has 0 unspecified atom stereocenters. The molecule has 0 aliphatic rings. The van der Waals surface area contributed by atoms with E-state index in [2.05, 4.69) is 5.32 Å². The van der Waals surface area contributed by atoms with Gasteiger partial charge in [-0.15, -0.1) is 0 Å². The van der Waals surface area contributed by atoms with Crippen molar-refractivity contribution in [1.29, 1.82) is 0 Å². The molecule has 0 spiro atoms. The summed E-state index contributed by atoms with van der Waals surface area (Å²) in [6.07, 6.45) is 0. The predicted octanol–water partition coefficient (Wildman–Crippen LogP) is 4.98. The van der Waals surface area contributed by atoms with Crippen LogP contribution in [0.2, 0.25) is 10.0 Å². The van der Waals surface area contributed by atoms with E-state index in [1.807, 2.05) is 31.2 Å². The minimum absolute atomic E-state index is 0.0642. The summed E-state index contributed by atoms with van der Waals surface area (Å²) in [6.45, 7) is 2.37. The standard InChI is InChI=1S/C15H14Cl2FN/c1-10(11-4-2-5-12(16)8-11)19-9-13-14(17)6-3-7-15(13)18/h2-8,10,19H,9H2,1H3/t10-/m1/s1. The van der Waals surface area contributed by atoms with Crippen molar-refractivity contribution < 1.29 is 4.39 Å². The zero-order valence-corrected chi connectivity index (χ0v) is 12.0. The van der Waals surface area contributed by atoms with Crippen molar-refractivity contribution in [1.82, 2.24) is 5.32 Å². The van der Waals surface area contributed by atoms with E-state index in [4.69, 9.17) is 23.2 Å². The third-order valence-electron chi connectivity index (χ3n) is 3.00. The highest BCUT2D eigenvalue weighted by Crippen LogP contribution is 2.21. The third kappa shape index (κ3) is 3.69. The molecule has 100 valence electrons. The van der Waals surface area contributed by atoms with Gasteiger partial charge in [0.05, 0.1) is 0 Å². The van der Waals surface area contributed by atoms with Crippen molar-refractivity contribution in [3.63, 3.8) is 0 Å². The average molecular weight is 298 g/mol. The van der Waals surface area contributed by atoms with Crippen LogP contribution in [0.15, 0.2) is 42.5 Å². The van der Waals surface area contributed by atoms with Crippen LogP contribution in [-0.4, -0.2) is 0 Å². The van der Waals surface area contributed by atoms with E-state index in [1.165, 1.54) is 6.07 Å². The van der Waals surface area contributed by atoms with Gasteiger partial charge in [0, 0.05) is 28.2 Å². The first-order valence-corrected chi connectivity index (χ1v) is 6.75. The summed E-state index contributed by atoms with van der Waals surface area (Å²) in [5, 5.41) is 4.37. The van der Waals surface area contributed by atoms with E-state index < -0.39 is 0 Å². The quantitative estimate of drug-likeness (QED) is 0.839. The van der Waals surface area contributed by atoms with Crippen molar-refractivity contribution in [2.45, 2.75) is 19.5 Å². The zero-order valence-electron chi connectivity index (χ0n) is 10.5. The minimum atomic E-state index is -0.293. The highest BCUT2D eigenvalue weighted by atomic mass is 35.5. The normalized spacial score (nSPS) is 12.4. The van der Waals surface area contributed by atoms with E-state index in [1.54, 1.807) is 12.1 Å². The van der Waals surface area contributed by atoms with Crippen molar-refractivity contribution in [2.75, 3.05) is 0 Å². The average Bonchev–Trinajstić information content (AvgIpc) is 2.38. The fourth-order valence-electron chi connectivity index (χ4n) is 1.85. The van der Waals surface area contributed by atoms with E-state index >= 15 is 0 Å². The zero-order chi connectivity index (χ0) is 13.8. The largest absolute Gasteiger partial charge is 0.306 e. The number of benzene rings is 2. The second-order valence-electron chi connectivity index (χ2n) is 4.36. The lowest BCUT2D eigenvalue weighted by Gasteiger charge is -2.15. The Morgan fingerprint density at radius 1 is 1.16 bits per heavy atom. The molecule has 2 aromatic rings. The molecule has 4 heteroatoms. The Labute approximate surface area is 122 Å². The Morgan fingerprint density at radius 2 is 1.89 bits per heavy atom. The monoisotopic (exact) mass is 297 g/mol. The molecule has 2 aromatic carbocycles. The Balaban J connectivity index is 2.06. The molecule has 1 nitrogen and oxygen atoms in total. The fourth-order valence-corrected chi connectivity index (χ4v) is 2.28. The summed E-state index contributed by atoms with van der Waals surface area (Å²) < 4.78 is 13.6. The van der Waals surface area contributed by atoms with Gasteiger partial charge in [-0.1, -0.05) is 41.4 Å². The van der Waals surface area contributed by atoms with Gasteiger partial charge in [0.1, 0.15) is 5.82 Å². The molecule has 0 saturated heterocycles. The molecule has 0 aliphatic heterocycles. The first kappa shape index (κ1) is 14.3. The number of hydrogen-bond donors (Lipinski definition) is 1. The van der Waals surface area contributed by atoms with E-state index in [9.17, 15) is 4.39 Å². The lowest BCUT2D eigenvalue weighted by molar-refractivity contribution is 0.544. The van der Waals surface area contributed by atoms with E-state index in [0.29, 0.717) is 22.2 Å². The third-order valence-corrected chi connectivity index (χ3v) is 3.58. The van der Waals surface area contributed by atoms with Crippen LogP contribution in [0.1, 0.15) is 24.1 Å². The van der Waals surface area contributed by atoms with E-state index in [0.717, 1.165) is 5.56 Å². The molecule has 0 heterocycles. The van der Waals surface area contributed by atoms with Gasteiger partial charge in [-0.05, 0) is 36.8 Å². The first-order valence-electron chi connectivity index (χ1n) is 5.99. The molecule has 0 amide bonds. The van der Waals surface area contributed by atoms with Crippen molar-refractivity contribution in [3.8, 4) is 0 Å². The van der Waals surface area contributed by atoms with Crippen LogP contribution in [0.3, 0.4) is 0 Å². The molecule has 2 rings (SSSR count). The molecule has 0 saturated carbocycles. The predicted molar refractivity (Wildman–Crippen MR) is 78.1 cm³/mol. The van der Waals surface area contributed by atoms with Crippen molar-refractivity contribution in [2.24, 2.45) is 0 Å². The van der Waals surface area contributed by atoms with Gasteiger partial charge in [-0.25, -0.2) is 4.39 Å². The molecule has 1 N–H and O–H groups in total. The van der Waals surface area contributed by atoms with Crippen LogP contribution in [0.25, 0.3) is 0 Å². The molecule has 0 fully saturated rings. The summed E-state index contributed by atoms with van der Waals surface area (Å²) in [7, 11) is 0. The van der Waals surface area contributed by atoms with Crippen LogP contribution >= 0.6 is 23.2 Å². The molecule has 1 atom stereocenters. The number of nitrogens with one attached hydrogen (secondary N) is 1. The highest BCUT2D eigenvalue weighted by Gasteiger charge is 2.10. The summed E-state index contributed by atoms with van der Waals surface area (Å²) in [5.74, 6) is -0.293. The summed E-state index contributed by atoms with van der Waals surface area (Å²) in [5.41, 5.74) is 1.54. The Morgan fingerprint density at radius 3 is 2.58 bits per heavy atom. The Kier molecular flexibility index (Phi) is 4.81. The second kappa shape index (κ2) is 6.38. The summed E-state index contributed by atoms with van der Waals surface area (Å²) >= 11 is 11.9. The summed E-state index contributed by atoms with van der Waals surface area (Å²) in [4.78, 5) is 0. The van der Waals surface area contributed by atoms with Gasteiger partial charge in [0.15, 0.2) is 0 Å².